The van der Waals surface area contributed by atoms with E-state index in [2.05, 4.69) is 41.6 Å². The highest BCUT2D eigenvalue weighted by Crippen LogP contribution is 2.30. The summed E-state index contributed by atoms with van der Waals surface area (Å²) in [6, 6.07) is 18.2. The van der Waals surface area contributed by atoms with Crippen LogP contribution in [0.1, 0.15) is 41.3 Å². The number of oxazole rings is 1. The van der Waals surface area contributed by atoms with E-state index in [1.165, 1.54) is 11.6 Å². The Morgan fingerprint density at radius 3 is 2.55 bits per heavy atom. The van der Waals surface area contributed by atoms with E-state index in [4.69, 9.17) is 21.4 Å². The van der Waals surface area contributed by atoms with Crippen LogP contribution >= 0.6 is 12.2 Å². The van der Waals surface area contributed by atoms with Crippen LogP contribution in [0.2, 0.25) is 0 Å². The molecule has 3 aromatic carbocycles. The summed E-state index contributed by atoms with van der Waals surface area (Å²) < 4.78 is 11.3. The quantitative estimate of drug-likeness (QED) is 0.179. The standard InChI is InChI=1S/C29H29N5O5S/c1-18(2)21-8-10-26-23(15-21)31-28(39-26)20-5-3-19(4-6-20)17-30-29(40)32-27(35)22-7-9-24(25(16-22)34(36)37)33-11-13-38-14-12-33/h3-10,15-16,18H,11-14,17H2,1-2H3,(H2,30,32,35,40). The monoisotopic (exact) mass is 559 g/mol. The maximum atomic E-state index is 12.8. The zero-order valence-electron chi connectivity index (χ0n) is 22.2. The predicted molar refractivity (Wildman–Crippen MR) is 157 cm³/mol. The highest BCUT2D eigenvalue weighted by molar-refractivity contribution is 7.80. The number of hydrogen-bond acceptors (Lipinski definition) is 8. The average molecular weight is 560 g/mol. The van der Waals surface area contributed by atoms with Gasteiger partial charge in [0.1, 0.15) is 11.2 Å². The maximum Gasteiger partial charge on any atom is 0.293 e. The molecular formula is C29H29N5O5S. The molecule has 1 amide bonds. The number of benzene rings is 3. The van der Waals surface area contributed by atoms with Gasteiger partial charge >= 0.3 is 0 Å². The molecule has 206 valence electrons. The first-order valence-electron chi connectivity index (χ1n) is 13.0. The average Bonchev–Trinajstić information content (AvgIpc) is 3.40. The van der Waals surface area contributed by atoms with E-state index in [-0.39, 0.29) is 16.4 Å². The van der Waals surface area contributed by atoms with Gasteiger partial charge in [0.25, 0.3) is 11.6 Å². The Morgan fingerprint density at radius 2 is 1.85 bits per heavy atom. The molecule has 2 N–H and O–H groups in total. The van der Waals surface area contributed by atoms with Crippen LogP contribution in [0.4, 0.5) is 11.4 Å². The second-order valence-corrected chi connectivity index (χ2v) is 10.2. The third-order valence-corrected chi connectivity index (χ3v) is 6.99. The summed E-state index contributed by atoms with van der Waals surface area (Å²) >= 11 is 5.29. The number of nitro groups is 1. The van der Waals surface area contributed by atoms with Crippen LogP contribution < -0.4 is 15.5 Å². The SMILES string of the molecule is CC(C)c1ccc2oc(-c3ccc(CNC(=S)NC(=O)c4ccc(N5CCOCC5)c([N+](=O)[O-])c4)cc3)nc2c1. The van der Waals surface area contributed by atoms with Crippen LogP contribution in [0.15, 0.2) is 65.1 Å². The first-order valence-corrected chi connectivity index (χ1v) is 13.4. The number of hydrogen-bond donors (Lipinski definition) is 2. The van der Waals surface area contributed by atoms with E-state index in [9.17, 15) is 14.9 Å². The molecule has 1 saturated heterocycles. The molecule has 1 fully saturated rings. The van der Waals surface area contributed by atoms with E-state index < -0.39 is 10.8 Å². The van der Waals surface area contributed by atoms with Gasteiger partial charge in [-0.05, 0) is 65.7 Å². The Balaban J connectivity index is 1.19. The molecule has 1 aliphatic rings. The van der Waals surface area contributed by atoms with Gasteiger partial charge < -0.3 is 19.4 Å². The summed E-state index contributed by atoms with van der Waals surface area (Å²) in [5, 5.41) is 17.4. The number of rotatable bonds is 7. The summed E-state index contributed by atoms with van der Waals surface area (Å²) in [6.07, 6.45) is 0. The molecule has 0 unspecified atom stereocenters. The molecule has 5 rings (SSSR count). The highest BCUT2D eigenvalue weighted by Gasteiger charge is 2.23. The first-order chi connectivity index (χ1) is 19.3. The van der Waals surface area contributed by atoms with Gasteiger partial charge in [-0.25, -0.2) is 4.98 Å². The molecule has 1 aliphatic heterocycles. The number of fused-ring (bicyclic) bond motifs is 1. The maximum absolute atomic E-state index is 12.8. The van der Waals surface area contributed by atoms with Gasteiger partial charge in [-0.3, -0.25) is 20.2 Å². The zero-order valence-corrected chi connectivity index (χ0v) is 23.0. The topological polar surface area (TPSA) is 123 Å². The minimum absolute atomic E-state index is 0.119. The van der Waals surface area contributed by atoms with Crippen molar-refractivity contribution in [3.05, 3.63) is 87.5 Å². The fourth-order valence-corrected chi connectivity index (χ4v) is 4.64. The molecular weight excluding hydrogens is 530 g/mol. The molecule has 2 heterocycles. The molecule has 0 bridgehead atoms. The Kier molecular flexibility index (Phi) is 8.04. The lowest BCUT2D eigenvalue weighted by molar-refractivity contribution is -0.384. The van der Waals surface area contributed by atoms with Crippen LogP contribution in [0.5, 0.6) is 0 Å². The lowest BCUT2D eigenvalue weighted by atomic mass is 10.0. The van der Waals surface area contributed by atoms with Gasteiger partial charge in [-0.2, -0.15) is 0 Å². The predicted octanol–water partition coefficient (Wildman–Crippen LogP) is 5.17. The Labute approximate surface area is 236 Å². The van der Waals surface area contributed by atoms with Gasteiger partial charge in [0.15, 0.2) is 10.7 Å². The van der Waals surface area contributed by atoms with Crippen molar-refractivity contribution < 1.29 is 18.9 Å². The minimum Gasteiger partial charge on any atom is -0.436 e. The summed E-state index contributed by atoms with van der Waals surface area (Å²) in [6.45, 7) is 6.76. The number of morpholine rings is 1. The largest absolute Gasteiger partial charge is 0.436 e. The summed E-state index contributed by atoms with van der Waals surface area (Å²) in [5.74, 6) is 0.430. The molecule has 4 aromatic rings. The van der Waals surface area contributed by atoms with E-state index in [0.29, 0.717) is 50.3 Å². The van der Waals surface area contributed by atoms with Gasteiger partial charge in [0, 0.05) is 36.8 Å². The van der Waals surface area contributed by atoms with Gasteiger partial charge in [-0.15, -0.1) is 0 Å². The molecule has 0 spiro atoms. The van der Waals surface area contributed by atoms with Crippen molar-refractivity contribution in [1.82, 2.24) is 15.6 Å². The normalized spacial score (nSPS) is 13.4. The van der Waals surface area contributed by atoms with Crippen molar-refractivity contribution >= 4 is 45.7 Å². The number of carbonyl (C=O) groups excluding carboxylic acids is 1. The van der Waals surface area contributed by atoms with Crippen LogP contribution in [-0.4, -0.2) is 47.2 Å². The van der Waals surface area contributed by atoms with Crippen molar-refractivity contribution in [2.75, 3.05) is 31.2 Å². The fraction of sp³-hybridized carbons (Fsp3) is 0.276. The smallest absolute Gasteiger partial charge is 0.293 e. The van der Waals surface area contributed by atoms with E-state index in [1.807, 2.05) is 35.2 Å². The minimum atomic E-state index is -0.527. The number of thiocarbonyl (C=S) groups is 1. The second-order valence-electron chi connectivity index (χ2n) is 9.79. The van der Waals surface area contributed by atoms with Crippen LogP contribution in [-0.2, 0) is 11.3 Å². The summed E-state index contributed by atoms with van der Waals surface area (Å²) in [5.41, 5.74) is 5.05. The zero-order chi connectivity index (χ0) is 28.2. The van der Waals surface area contributed by atoms with Crippen LogP contribution in [0.25, 0.3) is 22.6 Å². The molecule has 0 saturated carbocycles. The number of ether oxygens (including phenoxy) is 1. The summed E-state index contributed by atoms with van der Waals surface area (Å²) in [4.78, 5) is 30.5. The van der Waals surface area contributed by atoms with Gasteiger partial charge in [0.2, 0.25) is 5.89 Å². The van der Waals surface area contributed by atoms with Crippen molar-refractivity contribution in [3.8, 4) is 11.5 Å². The van der Waals surface area contributed by atoms with E-state index in [0.717, 1.165) is 22.2 Å². The third kappa shape index (κ3) is 6.11. The number of anilines is 1. The number of nitrogens with one attached hydrogen (secondary N) is 2. The highest BCUT2D eigenvalue weighted by atomic mass is 32.1. The van der Waals surface area contributed by atoms with E-state index >= 15 is 0 Å². The number of nitrogens with zero attached hydrogens (tertiary/aromatic N) is 3. The van der Waals surface area contributed by atoms with Gasteiger partial charge in [0.05, 0.1) is 18.1 Å². The molecule has 40 heavy (non-hydrogen) atoms. The Hall–Kier alpha value is -4.35. The van der Waals surface area contributed by atoms with Crippen LogP contribution in [0.3, 0.4) is 0 Å². The number of aromatic nitrogens is 1. The van der Waals surface area contributed by atoms with Crippen molar-refractivity contribution in [2.45, 2.75) is 26.3 Å². The lowest BCUT2D eigenvalue weighted by Gasteiger charge is -2.28. The Morgan fingerprint density at radius 1 is 1.10 bits per heavy atom. The van der Waals surface area contributed by atoms with Crippen LogP contribution in [0, 0.1) is 10.1 Å². The van der Waals surface area contributed by atoms with Crippen molar-refractivity contribution in [2.24, 2.45) is 0 Å². The number of amides is 1. The molecule has 1 aromatic heterocycles. The fourth-order valence-electron chi connectivity index (χ4n) is 4.48. The second kappa shape index (κ2) is 11.8. The third-order valence-electron chi connectivity index (χ3n) is 6.75. The lowest BCUT2D eigenvalue weighted by Crippen LogP contribution is -2.39. The van der Waals surface area contributed by atoms with Crippen molar-refractivity contribution in [3.63, 3.8) is 0 Å². The number of nitro benzene ring substituents is 1. The molecule has 0 aliphatic carbocycles. The molecule has 11 heteroatoms. The van der Waals surface area contributed by atoms with Gasteiger partial charge in [-0.1, -0.05) is 32.0 Å². The summed E-state index contributed by atoms with van der Waals surface area (Å²) in [7, 11) is 0. The first kappa shape index (κ1) is 27.2. The van der Waals surface area contributed by atoms with E-state index in [1.54, 1.807) is 12.1 Å². The number of carbonyl (C=O) groups is 1. The Bertz CT molecular complexity index is 1560. The molecule has 0 radical (unpaired) electrons. The molecule has 0 atom stereocenters. The van der Waals surface area contributed by atoms with Crippen molar-refractivity contribution in [1.29, 1.82) is 0 Å². The molecule has 10 nitrogen and oxygen atoms in total.